The van der Waals surface area contributed by atoms with Gasteiger partial charge in [-0.2, -0.15) is 0 Å². The van der Waals surface area contributed by atoms with Gasteiger partial charge in [-0.1, -0.05) is 123 Å². The van der Waals surface area contributed by atoms with E-state index in [1.807, 2.05) is 6.92 Å². The van der Waals surface area contributed by atoms with E-state index in [2.05, 4.69) is 176 Å². The third kappa shape index (κ3) is 4.41. The number of anilines is 2. The van der Waals surface area contributed by atoms with Crippen molar-refractivity contribution >= 4 is 33.2 Å². The summed E-state index contributed by atoms with van der Waals surface area (Å²) in [7, 11) is 2.18. The Hall–Kier alpha value is -5.54. The monoisotopic (exact) mass is 609 g/mol. The fourth-order valence-corrected chi connectivity index (χ4v) is 7.86. The van der Waals surface area contributed by atoms with Crippen LogP contribution >= 0.6 is 0 Å². The zero-order valence-electron chi connectivity index (χ0n) is 27.5. The Labute approximate surface area is 277 Å². The lowest BCUT2D eigenvalue weighted by Crippen LogP contribution is -2.23. The molecule has 1 unspecified atom stereocenters. The number of aromatic nitrogens is 1. The van der Waals surface area contributed by atoms with Gasteiger partial charge in [-0.05, 0) is 76.2 Å². The molecular weight excluding hydrogens is 571 g/mol. The van der Waals surface area contributed by atoms with Crippen LogP contribution in [0.3, 0.4) is 0 Å². The minimum atomic E-state index is -0.109. The molecule has 7 aromatic rings. The molecular formula is C44H39N3. The number of nitrogens with zero attached hydrogens (tertiary/aromatic N) is 2. The molecule has 9 rings (SSSR count). The SMILES string of the molecule is C=CC.CN1c2cc(-c3cccc(-n4c5ccccc5c5ccc6c(c54)C(C)(C)c4ccccc4-6)c3)ccc2NC1c1ccccc1. The van der Waals surface area contributed by atoms with Crippen molar-refractivity contribution in [1.29, 1.82) is 0 Å². The summed E-state index contributed by atoms with van der Waals surface area (Å²) in [5, 5.41) is 6.31. The Kier molecular flexibility index (Phi) is 6.80. The average molecular weight is 610 g/mol. The van der Waals surface area contributed by atoms with E-state index in [0.717, 1.165) is 0 Å². The molecule has 0 amide bonds. The van der Waals surface area contributed by atoms with Gasteiger partial charge in [-0.15, -0.1) is 6.58 Å². The molecule has 1 N–H and O–H groups in total. The molecule has 47 heavy (non-hydrogen) atoms. The number of hydrogen-bond acceptors (Lipinski definition) is 2. The van der Waals surface area contributed by atoms with Crippen LogP contribution in [0.5, 0.6) is 0 Å². The van der Waals surface area contributed by atoms with E-state index >= 15 is 0 Å². The fraction of sp³-hybridized carbons (Fsp3) is 0.136. The second kappa shape index (κ2) is 11.1. The third-order valence-corrected chi connectivity index (χ3v) is 9.96. The molecule has 0 spiro atoms. The number of fused-ring (bicyclic) bond motifs is 8. The van der Waals surface area contributed by atoms with Gasteiger partial charge in [0.05, 0.1) is 22.4 Å². The summed E-state index contributed by atoms with van der Waals surface area (Å²) in [6.45, 7) is 10.0. The van der Waals surface area contributed by atoms with Gasteiger partial charge in [0.1, 0.15) is 6.17 Å². The minimum absolute atomic E-state index is 0.109. The van der Waals surface area contributed by atoms with Crippen molar-refractivity contribution in [2.75, 3.05) is 17.3 Å². The van der Waals surface area contributed by atoms with Gasteiger partial charge < -0.3 is 14.8 Å². The summed E-state index contributed by atoms with van der Waals surface area (Å²) < 4.78 is 2.51. The van der Waals surface area contributed by atoms with E-state index in [-0.39, 0.29) is 11.6 Å². The van der Waals surface area contributed by atoms with Gasteiger partial charge in [0.25, 0.3) is 0 Å². The molecule has 230 valence electrons. The number of hydrogen-bond donors (Lipinski definition) is 1. The molecule has 1 atom stereocenters. The van der Waals surface area contributed by atoms with Crippen LogP contribution in [-0.4, -0.2) is 11.6 Å². The molecule has 1 aliphatic carbocycles. The van der Waals surface area contributed by atoms with Crippen molar-refractivity contribution in [2.45, 2.75) is 32.4 Å². The maximum Gasteiger partial charge on any atom is 0.125 e. The first kappa shape index (κ1) is 28.9. The van der Waals surface area contributed by atoms with Crippen LogP contribution in [0, 0.1) is 0 Å². The molecule has 3 nitrogen and oxygen atoms in total. The van der Waals surface area contributed by atoms with Crippen molar-refractivity contribution in [3.05, 3.63) is 163 Å². The largest absolute Gasteiger partial charge is 0.360 e. The number of para-hydroxylation sites is 1. The Morgan fingerprint density at radius 2 is 1.43 bits per heavy atom. The average Bonchev–Trinajstić information content (AvgIpc) is 3.70. The molecule has 0 saturated carbocycles. The second-order valence-electron chi connectivity index (χ2n) is 13.2. The molecule has 0 fully saturated rings. The normalized spacial score (nSPS) is 15.4. The highest BCUT2D eigenvalue weighted by Crippen LogP contribution is 2.53. The van der Waals surface area contributed by atoms with Crippen molar-refractivity contribution in [3.63, 3.8) is 0 Å². The molecule has 1 aliphatic heterocycles. The van der Waals surface area contributed by atoms with Crippen LogP contribution in [0.15, 0.2) is 146 Å². The van der Waals surface area contributed by atoms with E-state index in [9.17, 15) is 0 Å². The molecule has 3 heteroatoms. The van der Waals surface area contributed by atoms with Gasteiger partial charge in [0, 0.05) is 28.9 Å². The zero-order valence-corrected chi connectivity index (χ0v) is 27.5. The molecule has 0 radical (unpaired) electrons. The molecule has 1 aromatic heterocycles. The number of benzene rings is 6. The van der Waals surface area contributed by atoms with Crippen molar-refractivity contribution in [1.82, 2.24) is 4.57 Å². The predicted molar refractivity (Wildman–Crippen MR) is 201 cm³/mol. The molecule has 2 heterocycles. The lowest BCUT2D eigenvalue weighted by Gasteiger charge is -2.24. The van der Waals surface area contributed by atoms with Crippen molar-refractivity contribution in [3.8, 4) is 27.9 Å². The first-order chi connectivity index (χ1) is 22.9. The Bertz CT molecular complexity index is 2310. The van der Waals surface area contributed by atoms with Crippen molar-refractivity contribution < 1.29 is 0 Å². The highest BCUT2D eigenvalue weighted by atomic mass is 15.3. The van der Waals surface area contributed by atoms with E-state index < -0.39 is 0 Å². The zero-order chi connectivity index (χ0) is 32.3. The maximum absolute atomic E-state index is 3.71. The molecule has 0 bridgehead atoms. The fourth-order valence-electron chi connectivity index (χ4n) is 7.86. The van der Waals surface area contributed by atoms with Crippen molar-refractivity contribution in [2.24, 2.45) is 0 Å². The Morgan fingerprint density at radius 3 is 2.26 bits per heavy atom. The second-order valence-corrected chi connectivity index (χ2v) is 13.2. The molecule has 2 aliphatic rings. The van der Waals surface area contributed by atoms with E-state index in [1.165, 1.54) is 77.8 Å². The summed E-state index contributed by atoms with van der Waals surface area (Å²) in [5.41, 5.74) is 15.2. The lowest BCUT2D eigenvalue weighted by atomic mass is 9.81. The van der Waals surface area contributed by atoms with Gasteiger partial charge in [0.2, 0.25) is 0 Å². The van der Waals surface area contributed by atoms with Crippen LogP contribution in [0.25, 0.3) is 49.7 Å². The summed E-state index contributed by atoms with van der Waals surface area (Å²) in [5.74, 6) is 0. The smallest absolute Gasteiger partial charge is 0.125 e. The standard InChI is InChI=1S/C41H33N3.C3H6/c1-41(2)34-18-9-7-16-30(34)32-21-22-33-31-17-8-10-19-36(31)44(39(33)38(32)41)29-15-11-14-27(24-29)28-20-23-35-37(25-28)43(3)40(42-35)26-12-5-4-6-13-26;1-3-2/h4-25,40,42H,1-3H3;3H,1H2,2H3. The van der Waals surface area contributed by atoms with Crippen LogP contribution in [-0.2, 0) is 5.41 Å². The van der Waals surface area contributed by atoms with Crippen LogP contribution in [0.2, 0.25) is 0 Å². The highest BCUT2D eigenvalue weighted by Gasteiger charge is 2.38. The minimum Gasteiger partial charge on any atom is -0.360 e. The number of rotatable bonds is 3. The van der Waals surface area contributed by atoms with E-state index in [0.29, 0.717) is 0 Å². The first-order valence-corrected chi connectivity index (χ1v) is 16.4. The summed E-state index contributed by atoms with van der Waals surface area (Å²) in [6, 6.07) is 49.0. The van der Waals surface area contributed by atoms with Gasteiger partial charge in [-0.3, -0.25) is 0 Å². The highest BCUT2D eigenvalue weighted by molar-refractivity contribution is 6.13. The summed E-state index contributed by atoms with van der Waals surface area (Å²) in [6.07, 6.45) is 1.87. The lowest BCUT2D eigenvalue weighted by molar-refractivity contribution is 0.664. The Balaban J connectivity index is 0.00000104. The predicted octanol–water partition coefficient (Wildman–Crippen LogP) is 11.5. The summed E-state index contributed by atoms with van der Waals surface area (Å²) >= 11 is 0. The van der Waals surface area contributed by atoms with Gasteiger partial charge >= 0.3 is 0 Å². The number of nitrogens with one attached hydrogen (secondary N) is 1. The first-order valence-electron chi connectivity index (χ1n) is 16.4. The van der Waals surface area contributed by atoms with Crippen LogP contribution in [0.1, 0.15) is 43.6 Å². The van der Waals surface area contributed by atoms with E-state index in [4.69, 9.17) is 0 Å². The summed E-state index contributed by atoms with van der Waals surface area (Å²) in [4.78, 5) is 2.34. The maximum atomic E-state index is 3.71. The van der Waals surface area contributed by atoms with Gasteiger partial charge in [-0.25, -0.2) is 0 Å². The quantitative estimate of drug-likeness (QED) is 0.201. The van der Waals surface area contributed by atoms with Crippen LogP contribution in [0.4, 0.5) is 11.4 Å². The van der Waals surface area contributed by atoms with Gasteiger partial charge in [0.15, 0.2) is 0 Å². The van der Waals surface area contributed by atoms with Crippen LogP contribution < -0.4 is 10.2 Å². The third-order valence-electron chi connectivity index (χ3n) is 9.96. The molecule has 6 aromatic carbocycles. The topological polar surface area (TPSA) is 20.2 Å². The van der Waals surface area contributed by atoms with E-state index in [1.54, 1.807) is 6.08 Å². The number of allylic oxidation sites excluding steroid dienone is 1. The molecule has 0 saturated heterocycles. The Morgan fingerprint density at radius 1 is 0.702 bits per heavy atom.